The Kier molecular flexibility index (Phi) is 4.30. The standard InChI is InChI=1S/C9H11N5O6S2/c1-20-13-6(5-3-21-9(10)12-5)7(15)11-4-2-14(8(4)16)22(17,18)19/h3-4H,2H2,1H3,(H2,10,12)(H,11,15)(H,17,18,19)/t4-/m0/s1. The minimum atomic E-state index is -4.61. The van der Waals surface area contributed by atoms with Gasteiger partial charge in [-0.3, -0.25) is 14.1 Å². The van der Waals surface area contributed by atoms with Gasteiger partial charge in [0, 0.05) is 5.38 Å². The van der Waals surface area contributed by atoms with Crippen molar-refractivity contribution < 1.29 is 27.4 Å². The molecule has 1 aliphatic rings. The number of β-lactam (4-membered cyclic amide) rings is 1. The van der Waals surface area contributed by atoms with Crippen molar-refractivity contribution in [2.45, 2.75) is 6.04 Å². The Hall–Kier alpha value is -2.25. The molecule has 2 heterocycles. The van der Waals surface area contributed by atoms with Crippen LogP contribution in [0.1, 0.15) is 5.69 Å². The number of hydrogen-bond acceptors (Lipinski definition) is 9. The molecule has 1 aromatic rings. The molecule has 0 spiro atoms. The Morgan fingerprint density at radius 2 is 2.36 bits per heavy atom. The molecule has 0 aliphatic carbocycles. The maximum Gasteiger partial charge on any atom is 0.362 e. The topological polar surface area (TPSA) is 164 Å². The predicted molar refractivity (Wildman–Crippen MR) is 75.3 cm³/mol. The molecule has 11 nitrogen and oxygen atoms in total. The molecule has 2 amide bonds. The number of nitrogens with two attached hydrogens (primary N) is 1. The van der Waals surface area contributed by atoms with Crippen LogP contribution in [0.4, 0.5) is 5.13 Å². The Balaban J connectivity index is 2.08. The summed E-state index contributed by atoms with van der Waals surface area (Å²) in [5, 5.41) is 7.46. The SMILES string of the molecule is CON=C(C(=O)N[C@H]1CN(S(=O)(=O)O)C1=O)c1csc(N)n1. The van der Waals surface area contributed by atoms with Crippen molar-refractivity contribution in [3.8, 4) is 0 Å². The van der Waals surface area contributed by atoms with Crippen molar-refractivity contribution in [2.75, 3.05) is 19.4 Å². The third-order valence-electron chi connectivity index (χ3n) is 2.64. The second kappa shape index (κ2) is 5.86. The van der Waals surface area contributed by atoms with Crippen molar-refractivity contribution >= 4 is 44.3 Å². The lowest BCUT2D eigenvalue weighted by Crippen LogP contribution is -2.65. The van der Waals surface area contributed by atoms with E-state index in [-0.39, 0.29) is 27.4 Å². The second-order valence-corrected chi connectivity index (χ2v) is 6.29. The number of thiazole rings is 1. The summed E-state index contributed by atoms with van der Waals surface area (Å²) in [6.45, 7) is -0.372. The number of carbonyl (C=O) groups is 2. The van der Waals surface area contributed by atoms with Gasteiger partial charge in [0.1, 0.15) is 18.8 Å². The molecule has 0 bridgehead atoms. The van der Waals surface area contributed by atoms with E-state index in [9.17, 15) is 18.0 Å². The summed E-state index contributed by atoms with van der Waals surface area (Å²) >= 11 is 1.08. The third kappa shape index (κ3) is 3.15. The van der Waals surface area contributed by atoms with Gasteiger partial charge >= 0.3 is 10.3 Å². The summed E-state index contributed by atoms with van der Waals surface area (Å²) < 4.78 is 30.6. The molecule has 22 heavy (non-hydrogen) atoms. The zero-order valence-corrected chi connectivity index (χ0v) is 12.7. The van der Waals surface area contributed by atoms with Crippen LogP contribution < -0.4 is 11.1 Å². The van der Waals surface area contributed by atoms with E-state index in [1.54, 1.807) is 0 Å². The molecular formula is C9H11N5O6S2. The van der Waals surface area contributed by atoms with E-state index >= 15 is 0 Å². The molecule has 0 unspecified atom stereocenters. The van der Waals surface area contributed by atoms with Crippen molar-refractivity contribution in [2.24, 2.45) is 5.16 Å². The van der Waals surface area contributed by atoms with Crippen LogP contribution >= 0.6 is 11.3 Å². The van der Waals surface area contributed by atoms with Crippen molar-refractivity contribution in [3.63, 3.8) is 0 Å². The van der Waals surface area contributed by atoms with Gasteiger partial charge in [-0.1, -0.05) is 5.16 Å². The molecule has 1 atom stereocenters. The Labute approximate surface area is 128 Å². The highest BCUT2D eigenvalue weighted by Crippen LogP contribution is 2.16. The highest BCUT2D eigenvalue weighted by Gasteiger charge is 2.45. The van der Waals surface area contributed by atoms with Crippen LogP contribution in [0.5, 0.6) is 0 Å². The minimum Gasteiger partial charge on any atom is -0.398 e. The van der Waals surface area contributed by atoms with Crippen molar-refractivity contribution in [1.82, 2.24) is 14.6 Å². The normalized spacial score (nSPS) is 18.8. The van der Waals surface area contributed by atoms with Gasteiger partial charge in [-0.15, -0.1) is 11.3 Å². The quantitative estimate of drug-likeness (QED) is 0.242. The van der Waals surface area contributed by atoms with Gasteiger partial charge in [0.25, 0.3) is 11.8 Å². The first kappa shape index (κ1) is 16.1. The zero-order chi connectivity index (χ0) is 16.5. The van der Waals surface area contributed by atoms with Gasteiger partial charge in [0.2, 0.25) is 0 Å². The fraction of sp³-hybridized carbons (Fsp3) is 0.333. The summed E-state index contributed by atoms with van der Waals surface area (Å²) in [7, 11) is -3.39. The van der Waals surface area contributed by atoms with Gasteiger partial charge in [-0.25, -0.2) is 9.29 Å². The molecule has 120 valence electrons. The smallest absolute Gasteiger partial charge is 0.362 e. The van der Waals surface area contributed by atoms with E-state index in [4.69, 9.17) is 10.3 Å². The lowest BCUT2D eigenvalue weighted by atomic mass is 10.1. The summed E-state index contributed by atoms with van der Waals surface area (Å²) in [6, 6.07) is -1.09. The fourth-order valence-corrected chi connectivity index (χ4v) is 2.87. The number of rotatable bonds is 5. The lowest BCUT2D eigenvalue weighted by Gasteiger charge is -2.35. The first-order valence-electron chi connectivity index (χ1n) is 5.66. The van der Waals surface area contributed by atoms with Gasteiger partial charge in [0.05, 0.1) is 6.54 Å². The number of hydrogen-bond donors (Lipinski definition) is 3. The highest BCUT2D eigenvalue weighted by molar-refractivity contribution is 7.84. The van der Waals surface area contributed by atoms with Gasteiger partial charge in [-0.2, -0.15) is 8.42 Å². The van der Waals surface area contributed by atoms with Crippen LogP contribution in [-0.2, 0) is 24.7 Å². The Bertz CT molecular complexity index is 741. The molecule has 1 fully saturated rings. The molecule has 1 aliphatic heterocycles. The minimum absolute atomic E-state index is 0.153. The van der Waals surface area contributed by atoms with Gasteiger partial charge < -0.3 is 15.9 Å². The number of nitrogen functional groups attached to an aromatic ring is 1. The summed E-state index contributed by atoms with van der Waals surface area (Å²) in [4.78, 5) is 32.0. The number of nitrogens with one attached hydrogen (secondary N) is 1. The number of oxime groups is 1. The zero-order valence-electron chi connectivity index (χ0n) is 11.1. The van der Waals surface area contributed by atoms with Crippen molar-refractivity contribution in [1.29, 1.82) is 0 Å². The molecule has 4 N–H and O–H groups in total. The summed E-state index contributed by atoms with van der Waals surface area (Å²) in [6.07, 6.45) is 0. The molecule has 0 radical (unpaired) electrons. The van der Waals surface area contributed by atoms with Gasteiger partial charge in [0.15, 0.2) is 10.8 Å². The first-order chi connectivity index (χ1) is 10.2. The molecule has 1 saturated heterocycles. The van der Waals surface area contributed by atoms with Crippen LogP contribution in [-0.4, -0.2) is 59.5 Å². The van der Waals surface area contributed by atoms with Crippen LogP contribution in [0.15, 0.2) is 10.5 Å². The van der Waals surface area contributed by atoms with Crippen LogP contribution in [0, 0.1) is 0 Å². The maximum atomic E-state index is 12.1. The van der Waals surface area contributed by atoms with Crippen LogP contribution in [0.25, 0.3) is 0 Å². The number of carbonyl (C=O) groups excluding carboxylic acids is 2. The van der Waals surface area contributed by atoms with Gasteiger partial charge in [-0.05, 0) is 0 Å². The fourth-order valence-electron chi connectivity index (χ4n) is 1.63. The summed E-state index contributed by atoms with van der Waals surface area (Å²) in [5.74, 6) is -1.74. The average Bonchev–Trinajstić information content (AvgIpc) is 2.84. The van der Waals surface area contributed by atoms with E-state index in [1.807, 2.05) is 0 Å². The Morgan fingerprint density at radius 1 is 1.68 bits per heavy atom. The van der Waals surface area contributed by atoms with Crippen LogP contribution in [0.3, 0.4) is 0 Å². The van der Waals surface area contributed by atoms with Crippen molar-refractivity contribution in [3.05, 3.63) is 11.1 Å². The lowest BCUT2D eigenvalue weighted by molar-refractivity contribution is -0.139. The Morgan fingerprint density at radius 3 is 2.82 bits per heavy atom. The monoisotopic (exact) mass is 349 g/mol. The largest absolute Gasteiger partial charge is 0.398 e. The highest BCUT2D eigenvalue weighted by atomic mass is 32.2. The molecule has 13 heteroatoms. The molecule has 0 aromatic carbocycles. The van der Waals surface area contributed by atoms with E-state index in [2.05, 4.69) is 20.3 Å². The number of aromatic nitrogens is 1. The van der Waals surface area contributed by atoms with E-state index in [1.165, 1.54) is 12.5 Å². The average molecular weight is 349 g/mol. The third-order valence-corrected chi connectivity index (χ3v) is 4.20. The molecular weight excluding hydrogens is 338 g/mol. The maximum absolute atomic E-state index is 12.1. The van der Waals surface area contributed by atoms with Crippen LogP contribution in [0.2, 0.25) is 0 Å². The van der Waals surface area contributed by atoms with E-state index < -0.39 is 28.2 Å². The van der Waals surface area contributed by atoms with E-state index in [0.717, 1.165) is 11.3 Å². The number of nitrogens with zero attached hydrogens (tertiary/aromatic N) is 3. The summed E-state index contributed by atoms with van der Waals surface area (Å²) in [5.41, 5.74) is 5.40. The second-order valence-electron chi connectivity index (χ2n) is 4.07. The number of anilines is 1. The predicted octanol–water partition coefficient (Wildman–Crippen LogP) is -1.79. The number of amides is 2. The first-order valence-corrected chi connectivity index (χ1v) is 7.94. The van der Waals surface area contributed by atoms with E-state index in [0.29, 0.717) is 0 Å². The molecule has 0 saturated carbocycles. The molecule has 2 rings (SSSR count). The molecule has 1 aromatic heterocycles.